The van der Waals surface area contributed by atoms with Crippen LogP contribution in [0.25, 0.3) is 0 Å². The molecule has 4 aromatic carbocycles. The highest BCUT2D eigenvalue weighted by molar-refractivity contribution is 5.82. The van der Waals surface area contributed by atoms with Gasteiger partial charge in [0.25, 0.3) is 0 Å². The predicted octanol–water partition coefficient (Wildman–Crippen LogP) is 23.8. The van der Waals surface area contributed by atoms with Gasteiger partial charge in [-0.1, -0.05) is 164 Å². The van der Waals surface area contributed by atoms with Crippen LogP contribution in [-0.4, -0.2) is 211 Å². The summed E-state index contributed by atoms with van der Waals surface area (Å²) in [6.07, 6.45) is 22.3. The fourth-order valence-corrected chi connectivity index (χ4v) is 18.1. The van der Waals surface area contributed by atoms with Crippen molar-refractivity contribution in [2.24, 2.45) is 17.8 Å². The predicted molar refractivity (Wildman–Crippen MR) is 567 cm³/mol. The van der Waals surface area contributed by atoms with E-state index in [4.69, 9.17) is 37.9 Å². The summed E-state index contributed by atoms with van der Waals surface area (Å²) < 4.78 is 87.8. The Labute approximate surface area is 841 Å². The van der Waals surface area contributed by atoms with Gasteiger partial charge in [0.05, 0.1) is 31.0 Å². The molecule has 788 valence electrons. The van der Waals surface area contributed by atoms with Gasteiger partial charge in [-0.3, -0.25) is 14.5 Å². The lowest BCUT2D eigenvalue weighted by molar-refractivity contribution is -0.125. The molecule has 0 radical (unpaired) electrons. The third-order valence-corrected chi connectivity index (χ3v) is 26.0. The van der Waals surface area contributed by atoms with Crippen LogP contribution in [0.1, 0.15) is 370 Å². The summed E-state index contributed by atoms with van der Waals surface area (Å²) in [5, 5.41) is 24.7. The minimum Gasteiger partial charge on any atom is -0.490 e. The normalized spacial score (nSPS) is 23.1. The van der Waals surface area contributed by atoms with Gasteiger partial charge in [0, 0.05) is 171 Å². The van der Waals surface area contributed by atoms with E-state index in [0.29, 0.717) is 156 Å². The Bertz CT molecular complexity index is 4300. The molecule has 8 fully saturated rings. The van der Waals surface area contributed by atoms with Crippen LogP contribution in [-0.2, 0) is 19.1 Å². The van der Waals surface area contributed by atoms with Crippen LogP contribution in [0.2, 0.25) is 0 Å². The minimum atomic E-state index is -0.425. The number of ketones is 2. The van der Waals surface area contributed by atoms with E-state index in [1.807, 2.05) is 66.8 Å². The van der Waals surface area contributed by atoms with E-state index in [9.17, 15) is 22.8 Å². The molecule has 0 bridgehead atoms. The number of hydrogen-bond donors (Lipinski definition) is 7. The fourth-order valence-electron chi connectivity index (χ4n) is 18.1. The number of pyridine rings is 1. The monoisotopic (exact) mass is 1940 g/mol. The summed E-state index contributed by atoms with van der Waals surface area (Å²) in [5.74, 6) is 5.83. The number of halogens is 3. The SMILES string of the molecule is CC(C)C(=O)CN1CCC(OC2CC(NC(C)(C)C)C2)CC1.CC(C)CN1CCC(OC2CC(NC(C)(C)C)C2)CC1.CC(C)NC1CC(Oc2cc(F)cc(C(C)C)c2)C1.CC(C)NC1CC(Oc2cc(F)cc(OCC(=O)C(C)C)c2)C1.CC(C)NC1CC(Oc2cccc(C(C)C)c2)C1.CC(C)NC[C@@H](C)Oc1cc(F)cc(C(C)C)c1.CC(C)c1ccnc(OC2CC(NC(C)(C)C)C2)c1. The number of ether oxygens (including phenoxy) is 8. The molecule has 0 amide bonds. The van der Waals surface area contributed by atoms with E-state index in [1.54, 1.807) is 18.2 Å². The molecule has 1 aromatic heterocycles. The molecule has 2 aliphatic heterocycles. The summed E-state index contributed by atoms with van der Waals surface area (Å²) in [4.78, 5) is 32.6. The standard InChI is InChI=1S/C18H26FNO3.C18H34N2O2.C17H34N2O.C16H24FNO.C16H26N2O.C16H25NO.C15H24FNO/c1-11(2)18(21)10-22-15-5-13(19)6-16(9-15)23-17-7-14(8-17)20-12(3)4;1-13(2)17(21)12-20-8-6-15(7-9-20)22-16-10-14(11-16)19-18(3,4)5;1-13(2)12-19-8-6-15(7-9-19)20-16-10-14(11-16)18-17(3,4)5;1-10(2)12-5-13(17)7-15(6-12)19-16-8-14(9-16)18-11(3)4;1-11(2)12-6-7-17-15(8-12)19-14-9-13(10-14)18-16(3,4)5;1-11(2)13-6-5-7-15(8-13)18-16-9-14(10-16)17-12(3)4;1-10(2)13-6-14(16)8-15(7-13)18-12(5)9-17-11(3)4/h5-6,9,11-12,14,17,20H,7-8,10H2,1-4H3;13-16,19H,6-12H2,1-5H3;13-16,18H,6-12H2,1-5H3;5-7,10-11,14,16,18H,8-9H2,1-4H3;6-8,11,13-14,18H,9-10H2,1-5H3;5-8,11-12,14,16-17H,9-10H2,1-4H3;6-8,10-12,17H,9H2,1-5H3/t;;;;;;12-/m......1/s1. The Morgan fingerprint density at radius 3 is 1.14 bits per heavy atom. The summed E-state index contributed by atoms with van der Waals surface area (Å²) in [6.45, 7) is 75.3. The maximum Gasteiger partial charge on any atom is 0.213 e. The highest BCUT2D eigenvalue weighted by atomic mass is 19.1. The number of hydrogen-bond acceptors (Lipinski definition) is 20. The molecule has 139 heavy (non-hydrogen) atoms. The number of carbonyl (C=O) groups excluding carboxylic acids is 2. The number of aromatic nitrogens is 1. The Hall–Kier alpha value is -6.48. The van der Waals surface area contributed by atoms with Crippen molar-refractivity contribution in [2.75, 3.05) is 52.4 Å². The number of nitrogens with one attached hydrogen (secondary N) is 7. The molecule has 3 heterocycles. The van der Waals surface area contributed by atoms with Crippen LogP contribution in [0, 0.1) is 35.2 Å². The zero-order valence-corrected chi connectivity index (χ0v) is 92.3. The number of rotatable bonds is 39. The number of benzene rings is 4. The number of piperidine rings is 2. The van der Waals surface area contributed by atoms with Crippen molar-refractivity contribution in [3.63, 3.8) is 0 Å². The molecule has 0 unspecified atom stereocenters. The van der Waals surface area contributed by atoms with Crippen molar-refractivity contribution in [3.8, 4) is 34.6 Å². The van der Waals surface area contributed by atoms with E-state index >= 15 is 0 Å². The molecule has 23 heteroatoms. The van der Waals surface area contributed by atoms with Crippen molar-refractivity contribution >= 4 is 11.6 Å². The lowest BCUT2D eigenvalue weighted by Gasteiger charge is -2.43. The van der Waals surface area contributed by atoms with Crippen molar-refractivity contribution in [1.82, 2.24) is 52.0 Å². The first-order chi connectivity index (χ1) is 65.1. The molecule has 2 saturated heterocycles. The topological polar surface area (TPSA) is 212 Å². The van der Waals surface area contributed by atoms with Gasteiger partial charge in [-0.05, 0) is 266 Å². The molecular formula is C116H193F3N10O10. The van der Waals surface area contributed by atoms with Gasteiger partial charge in [-0.15, -0.1) is 0 Å². The molecule has 0 spiro atoms. The first-order valence-electron chi connectivity index (χ1n) is 53.7. The average molecular weight is 1940 g/mol. The molecular weight excluding hydrogens is 1750 g/mol. The Kier molecular flexibility index (Phi) is 49.9. The van der Waals surface area contributed by atoms with Gasteiger partial charge in [-0.25, -0.2) is 18.2 Å². The first-order valence-corrected chi connectivity index (χ1v) is 53.7. The van der Waals surface area contributed by atoms with E-state index in [2.05, 4.69) is 261 Å². The maximum absolute atomic E-state index is 13.7. The van der Waals surface area contributed by atoms with Crippen LogP contribution < -0.4 is 65.6 Å². The number of likely N-dealkylation sites (tertiary alicyclic amines) is 2. The van der Waals surface area contributed by atoms with Gasteiger partial charge in [0.2, 0.25) is 5.88 Å². The van der Waals surface area contributed by atoms with E-state index in [0.717, 1.165) is 125 Å². The van der Waals surface area contributed by atoms with Crippen LogP contribution in [0.3, 0.4) is 0 Å². The lowest BCUT2D eigenvalue weighted by Crippen LogP contribution is -2.53. The number of nitrogens with zero attached hydrogens (tertiary/aromatic N) is 3. The van der Waals surface area contributed by atoms with E-state index < -0.39 is 5.82 Å². The third kappa shape index (κ3) is 47.9. The third-order valence-electron chi connectivity index (χ3n) is 26.0. The van der Waals surface area contributed by atoms with Crippen LogP contribution in [0.5, 0.6) is 34.6 Å². The molecule has 7 N–H and O–H groups in total. The second-order valence-electron chi connectivity index (χ2n) is 47.7. The van der Waals surface area contributed by atoms with Gasteiger partial charge in [-0.2, -0.15) is 0 Å². The van der Waals surface area contributed by atoms with Crippen molar-refractivity contribution in [1.29, 1.82) is 0 Å². The Balaban J connectivity index is 0.000000221. The fraction of sp³-hybridized carbons (Fsp3) is 0.733. The summed E-state index contributed by atoms with van der Waals surface area (Å²) >= 11 is 0. The maximum atomic E-state index is 13.7. The zero-order valence-electron chi connectivity index (χ0n) is 92.3. The van der Waals surface area contributed by atoms with Gasteiger partial charge in [0.15, 0.2) is 5.78 Å². The minimum absolute atomic E-state index is 0.0154. The summed E-state index contributed by atoms with van der Waals surface area (Å²) in [7, 11) is 0. The molecule has 8 aliphatic rings. The Morgan fingerprint density at radius 1 is 0.374 bits per heavy atom. The zero-order chi connectivity index (χ0) is 103. The van der Waals surface area contributed by atoms with Crippen molar-refractivity contribution in [2.45, 2.75) is 480 Å². The number of Topliss-reactive ketones (excluding diaryl/α,β-unsaturated/α-hetero) is 2. The number of carbonyl (C=O) groups is 2. The average Bonchev–Trinajstić information content (AvgIpc) is 0.852. The van der Waals surface area contributed by atoms with Gasteiger partial charge in [0.1, 0.15) is 89.1 Å². The largest absolute Gasteiger partial charge is 0.490 e. The lowest BCUT2D eigenvalue weighted by atomic mass is 9.87. The molecule has 13 rings (SSSR count). The second-order valence-corrected chi connectivity index (χ2v) is 47.7. The van der Waals surface area contributed by atoms with Crippen LogP contribution in [0.4, 0.5) is 13.2 Å². The van der Waals surface area contributed by atoms with E-state index in [-0.39, 0.29) is 70.8 Å². The summed E-state index contributed by atoms with van der Waals surface area (Å²) in [6, 6.07) is 32.3. The molecule has 1 atom stereocenters. The first kappa shape index (κ1) is 119. The van der Waals surface area contributed by atoms with Crippen molar-refractivity contribution in [3.05, 3.63) is 137 Å². The van der Waals surface area contributed by atoms with Gasteiger partial charge >= 0.3 is 0 Å². The van der Waals surface area contributed by atoms with Crippen LogP contribution >= 0.6 is 0 Å². The smallest absolute Gasteiger partial charge is 0.213 e. The highest BCUT2D eigenvalue weighted by Gasteiger charge is 2.40. The van der Waals surface area contributed by atoms with E-state index in [1.165, 1.54) is 80.7 Å². The summed E-state index contributed by atoms with van der Waals surface area (Å²) in [5.41, 5.74) is 5.21. The van der Waals surface area contributed by atoms with Crippen molar-refractivity contribution < 1.29 is 60.7 Å². The molecule has 6 aliphatic carbocycles. The van der Waals surface area contributed by atoms with Gasteiger partial charge < -0.3 is 80.0 Å². The highest BCUT2D eigenvalue weighted by Crippen LogP contribution is 2.37. The molecule has 5 aromatic rings. The second kappa shape index (κ2) is 58.0. The quantitative estimate of drug-likeness (QED) is 0.0195. The Morgan fingerprint density at radius 2 is 0.734 bits per heavy atom. The molecule has 6 saturated carbocycles. The van der Waals surface area contributed by atoms with Crippen LogP contribution in [0.15, 0.2) is 97.2 Å². The molecule has 20 nitrogen and oxygen atoms in total.